The molecule has 1 aliphatic rings. The standard InChI is InChI=1S/C19H21F2N3O2S/c1-23(18(25)15-6-4-8-22-17(15)27-19(20)21)13-14-5-2-3-7-16(14)24-9-11-26-12-10-24/h2-8,19H,9-13H2,1H3. The van der Waals surface area contributed by atoms with Crippen LogP contribution in [-0.2, 0) is 11.3 Å². The number of carbonyl (C=O) groups excluding carboxylic acids is 1. The number of anilines is 1. The fourth-order valence-electron chi connectivity index (χ4n) is 3.02. The third-order valence-corrected chi connectivity index (χ3v) is 5.03. The lowest BCUT2D eigenvalue weighted by atomic mass is 10.1. The summed E-state index contributed by atoms with van der Waals surface area (Å²) >= 11 is 0.289. The summed E-state index contributed by atoms with van der Waals surface area (Å²) in [4.78, 5) is 20.5. The number of morpholine rings is 1. The first-order valence-corrected chi connectivity index (χ1v) is 9.50. The summed E-state index contributed by atoms with van der Waals surface area (Å²) in [5.41, 5.74) is 2.25. The number of rotatable bonds is 6. The van der Waals surface area contributed by atoms with Crippen molar-refractivity contribution in [2.45, 2.75) is 17.3 Å². The molecule has 2 heterocycles. The zero-order valence-corrected chi connectivity index (χ0v) is 15.8. The maximum absolute atomic E-state index is 12.8. The molecular weight excluding hydrogens is 372 g/mol. The van der Waals surface area contributed by atoms with Gasteiger partial charge in [-0.2, -0.15) is 8.78 Å². The smallest absolute Gasteiger partial charge is 0.290 e. The van der Waals surface area contributed by atoms with Gasteiger partial charge in [0.15, 0.2) is 0 Å². The highest BCUT2D eigenvalue weighted by molar-refractivity contribution is 7.99. The molecule has 0 atom stereocenters. The average Bonchev–Trinajstić information content (AvgIpc) is 2.68. The van der Waals surface area contributed by atoms with Gasteiger partial charge in [0.05, 0.1) is 18.8 Å². The largest absolute Gasteiger partial charge is 0.378 e. The number of alkyl halides is 2. The van der Waals surface area contributed by atoms with Crippen molar-refractivity contribution in [1.82, 2.24) is 9.88 Å². The Kier molecular flexibility index (Phi) is 6.63. The quantitative estimate of drug-likeness (QED) is 0.703. The van der Waals surface area contributed by atoms with Gasteiger partial charge >= 0.3 is 0 Å². The van der Waals surface area contributed by atoms with E-state index in [1.54, 1.807) is 13.1 Å². The van der Waals surface area contributed by atoms with Crippen molar-refractivity contribution in [3.63, 3.8) is 0 Å². The topological polar surface area (TPSA) is 45.7 Å². The Labute approximate surface area is 161 Å². The van der Waals surface area contributed by atoms with Crippen LogP contribution in [0.5, 0.6) is 0 Å². The van der Waals surface area contributed by atoms with Gasteiger partial charge in [-0.25, -0.2) is 4.98 Å². The molecule has 1 aromatic carbocycles. The molecule has 0 aliphatic carbocycles. The normalized spacial score (nSPS) is 14.4. The van der Waals surface area contributed by atoms with E-state index in [9.17, 15) is 13.6 Å². The predicted octanol–water partition coefficient (Wildman–Crippen LogP) is 3.51. The van der Waals surface area contributed by atoms with E-state index >= 15 is 0 Å². The van der Waals surface area contributed by atoms with Crippen molar-refractivity contribution in [2.75, 3.05) is 38.3 Å². The molecule has 1 amide bonds. The van der Waals surface area contributed by atoms with E-state index in [1.807, 2.05) is 24.3 Å². The van der Waals surface area contributed by atoms with Crippen LogP contribution in [0.15, 0.2) is 47.6 Å². The summed E-state index contributed by atoms with van der Waals surface area (Å²) < 4.78 is 30.9. The van der Waals surface area contributed by atoms with Gasteiger partial charge in [-0.1, -0.05) is 18.2 Å². The Morgan fingerprint density at radius 3 is 2.74 bits per heavy atom. The lowest BCUT2D eigenvalue weighted by molar-refractivity contribution is 0.0780. The molecule has 2 aromatic rings. The molecule has 0 radical (unpaired) electrons. The number of hydrogen-bond acceptors (Lipinski definition) is 5. The molecule has 5 nitrogen and oxygen atoms in total. The Morgan fingerprint density at radius 1 is 1.26 bits per heavy atom. The van der Waals surface area contributed by atoms with E-state index in [1.165, 1.54) is 17.2 Å². The molecule has 27 heavy (non-hydrogen) atoms. The maximum atomic E-state index is 12.8. The van der Waals surface area contributed by atoms with Gasteiger partial charge in [0.25, 0.3) is 11.7 Å². The molecule has 1 aliphatic heterocycles. The number of ether oxygens (including phenoxy) is 1. The van der Waals surface area contributed by atoms with Crippen molar-refractivity contribution < 1.29 is 18.3 Å². The molecule has 0 unspecified atom stereocenters. The highest BCUT2D eigenvalue weighted by Gasteiger charge is 2.21. The lowest BCUT2D eigenvalue weighted by Gasteiger charge is -2.31. The Balaban J connectivity index is 1.78. The molecule has 1 aromatic heterocycles. The van der Waals surface area contributed by atoms with Crippen molar-refractivity contribution in [3.05, 3.63) is 53.7 Å². The first-order chi connectivity index (χ1) is 13.1. The van der Waals surface area contributed by atoms with Gasteiger partial charge in [0.2, 0.25) is 0 Å². The third-order valence-electron chi connectivity index (χ3n) is 4.30. The molecule has 144 valence electrons. The Morgan fingerprint density at radius 2 is 2.00 bits per heavy atom. The number of aromatic nitrogens is 1. The molecule has 0 N–H and O–H groups in total. The number of thioether (sulfide) groups is 1. The summed E-state index contributed by atoms with van der Waals surface area (Å²) in [5.74, 6) is -2.96. The third kappa shape index (κ3) is 4.95. The van der Waals surface area contributed by atoms with Crippen LogP contribution in [0.1, 0.15) is 15.9 Å². The predicted molar refractivity (Wildman–Crippen MR) is 101 cm³/mol. The van der Waals surface area contributed by atoms with Crippen LogP contribution >= 0.6 is 11.8 Å². The number of benzene rings is 1. The number of pyridine rings is 1. The van der Waals surface area contributed by atoms with Crippen molar-refractivity contribution in [3.8, 4) is 0 Å². The highest BCUT2D eigenvalue weighted by atomic mass is 32.2. The number of nitrogens with zero attached hydrogens (tertiary/aromatic N) is 3. The number of halogens is 2. The van der Waals surface area contributed by atoms with Crippen molar-refractivity contribution >= 4 is 23.4 Å². The SMILES string of the molecule is CN(Cc1ccccc1N1CCOCC1)C(=O)c1cccnc1SC(F)F. The minimum atomic E-state index is -2.63. The number of hydrogen-bond donors (Lipinski definition) is 0. The van der Waals surface area contributed by atoms with Gasteiger partial charge < -0.3 is 14.5 Å². The maximum Gasteiger partial charge on any atom is 0.290 e. The fraction of sp³-hybridized carbons (Fsp3) is 0.368. The Hall–Kier alpha value is -2.19. The first-order valence-electron chi connectivity index (χ1n) is 8.62. The van der Waals surface area contributed by atoms with E-state index in [2.05, 4.69) is 9.88 Å². The molecule has 0 bridgehead atoms. The molecule has 1 fully saturated rings. The monoisotopic (exact) mass is 393 g/mol. The van der Waals surface area contributed by atoms with E-state index in [-0.39, 0.29) is 28.3 Å². The number of para-hydroxylation sites is 1. The van der Waals surface area contributed by atoms with Crippen molar-refractivity contribution in [2.24, 2.45) is 0 Å². The Bertz CT molecular complexity index is 785. The molecule has 0 saturated carbocycles. The summed E-state index contributed by atoms with van der Waals surface area (Å²) in [6.45, 7) is 3.32. The lowest BCUT2D eigenvalue weighted by Crippen LogP contribution is -2.37. The van der Waals surface area contributed by atoms with Crippen LogP contribution in [0.25, 0.3) is 0 Å². The van der Waals surface area contributed by atoms with E-state index in [0.717, 1.165) is 24.3 Å². The summed E-state index contributed by atoms with van der Waals surface area (Å²) in [7, 11) is 1.67. The van der Waals surface area contributed by atoms with Gasteiger partial charge in [-0.3, -0.25) is 4.79 Å². The fourth-order valence-corrected chi connectivity index (χ4v) is 3.59. The van der Waals surface area contributed by atoms with E-state index in [4.69, 9.17) is 4.74 Å². The van der Waals surface area contributed by atoms with Crippen LogP contribution < -0.4 is 4.90 Å². The van der Waals surface area contributed by atoms with E-state index < -0.39 is 5.76 Å². The first kappa shape index (κ1) is 19.6. The van der Waals surface area contributed by atoms with Gasteiger partial charge in [0, 0.05) is 38.6 Å². The molecular formula is C19H21F2N3O2S. The number of amides is 1. The highest BCUT2D eigenvalue weighted by Crippen LogP contribution is 2.28. The zero-order chi connectivity index (χ0) is 19.2. The van der Waals surface area contributed by atoms with Crippen LogP contribution in [0.4, 0.5) is 14.5 Å². The second kappa shape index (κ2) is 9.14. The van der Waals surface area contributed by atoms with Crippen LogP contribution in [-0.4, -0.2) is 54.9 Å². The molecule has 0 spiro atoms. The summed E-state index contributed by atoms with van der Waals surface area (Å²) in [5, 5.41) is 0.0471. The van der Waals surface area contributed by atoms with Crippen LogP contribution in [0.2, 0.25) is 0 Å². The molecule has 8 heteroatoms. The summed E-state index contributed by atoms with van der Waals surface area (Å²) in [6, 6.07) is 11.0. The summed E-state index contributed by atoms with van der Waals surface area (Å²) in [6.07, 6.45) is 1.41. The zero-order valence-electron chi connectivity index (χ0n) is 15.0. The van der Waals surface area contributed by atoms with Crippen LogP contribution in [0.3, 0.4) is 0 Å². The number of carbonyl (C=O) groups is 1. The molecule has 1 saturated heterocycles. The van der Waals surface area contributed by atoms with Gasteiger partial charge in [-0.05, 0) is 35.5 Å². The van der Waals surface area contributed by atoms with E-state index in [0.29, 0.717) is 19.8 Å². The minimum Gasteiger partial charge on any atom is -0.378 e. The minimum absolute atomic E-state index is 0.0471. The van der Waals surface area contributed by atoms with Gasteiger partial charge in [0.1, 0.15) is 5.03 Å². The van der Waals surface area contributed by atoms with Crippen molar-refractivity contribution in [1.29, 1.82) is 0 Å². The second-order valence-corrected chi connectivity index (χ2v) is 7.10. The molecule has 3 rings (SSSR count). The van der Waals surface area contributed by atoms with Crippen LogP contribution in [0, 0.1) is 0 Å². The van der Waals surface area contributed by atoms with Gasteiger partial charge in [-0.15, -0.1) is 0 Å². The average molecular weight is 393 g/mol. The second-order valence-electron chi connectivity index (χ2n) is 6.12.